The molecule has 6 heteroatoms. The lowest BCUT2D eigenvalue weighted by Crippen LogP contribution is -2.42. The first-order chi connectivity index (χ1) is 6.54. The second-order valence-electron chi connectivity index (χ2n) is 3.14. The number of methoxy groups -OCH3 is 1. The van der Waals surface area contributed by atoms with Crippen molar-refractivity contribution in [2.24, 2.45) is 0 Å². The number of halogens is 2. The van der Waals surface area contributed by atoms with Crippen molar-refractivity contribution < 1.29 is 23.0 Å². The van der Waals surface area contributed by atoms with E-state index in [1.807, 2.05) is 0 Å². The van der Waals surface area contributed by atoms with Crippen LogP contribution in [0.2, 0.25) is 0 Å². The van der Waals surface area contributed by atoms with Crippen LogP contribution in [-0.2, 0) is 14.3 Å². The molecule has 1 aliphatic rings. The van der Waals surface area contributed by atoms with Gasteiger partial charge in [-0.15, -0.1) is 0 Å². The predicted octanol–water partition coefficient (Wildman–Crippen LogP) is 0.518. The van der Waals surface area contributed by atoms with Crippen molar-refractivity contribution in [3.63, 3.8) is 0 Å². The fourth-order valence-electron chi connectivity index (χ4n) is 1.46. The third kappa shape index (κ3) is 2.62. The topological polar surface area (TPSA) is 47.6 Å². The molecule has 0 aliphatic carbocycles. The third-order valence-electron chi connectivity index (χ3n) is 2.05. The summed E-state index contributed by atoms with van der Waals surface area (Å²) in [4.78, 5) is 10.7. The normalized spacial score (nSPS) is 32.2. The zero-order valence-corrected chi connectivity index (χ0v) is 8.00. The van der Waals surface area contributed by atoms with Crippen LogP contribution in [0.3, 0.4) is 0 Å². The van der Waals surface area contributed by atoms with Crippen LogP contribution in [0.15, 0.2) is 0 Å². The van der Waals surface area contributed by atoms with Gasteiger partial charge in [0.05, 0.1) is 6.04 Å². The minimum absolute atomic E-state index is 0.255. The number of alkyl halides is 2. The van der Waals surface area contributed by atoms with Gasteiger partial charge in [-0.2, -0.15) is 0 Å². The summed E-state index contributed by atoms with van der Waals surface area (Å²) in [5.41, 5.74) is 0. The molecule has 1 amide bonds. The number of amides is 1. The molecule has 1 aliphatic heterocycles. The van der Waals surface area contributed by atoms with E-state index < -0.39 is 24.9 Å². The van der Waals surface area contributed by atoms with Gasteiger partial charge >= 0.3 is 0 Å². The molecule has 82 valence electrons. The van der Waals surface area contributed by atoms with Crippen molar-refractivity contribution in [2.45, 2.75) is 38.2 Å². The molecule has 0 saturated carbocycles. The number of hydrogen-bond donors (Lipinski definition) is 1. The molecule has 14 heavy (non-hydrogen) atoms. The summed E-state index contributed by atoms with van der Waals surface area (Å²) >= 11 is 0. The lowest BCUT2D eigenvalue weighted by molar-refractivity contribution is -0.147. The number of rotatable bonds is 3. The minimum Gasteiger partial charge on any atom is -0.356 e. The highest BCUT2D eigenvalue weighted by molar-refractivity contribution is 5.73. The predicted molar refractivity (Wildman–Crippen MR) is 43.9 cm³/mol. The van der Waals surface area contributed by atoms with E-state index >= 15 is 0 Å². The van der Waals surface area contributed by atoms with E-state index in [9.17, 15) is 13.6 Å². The molecule has 0 aromatic heterocycles. The summed E-state index contributed by atoms with van der Waals surface area (Å²) in [6.45, 7) is 1.28. The highest BCUT2D eigenvalue weighted by Crippen LogP contribution is 2.25. The van der Waals surface area contributed by atoms with Crippen molar-refractivity contribution in [2.75, 3.05) is 7.11 Å². The van der Waals surface area contributed by atoms with Crippen LogP contribution >= 0.6 is 0 Å². The summed E-state index contributed by atoms with van der Waals surface area (Å²) in [5, 5.41) is 2.41. The Morgan fingerprint density at radius 3 is 2.71 bits per heavy atom. The van der Waals surface area contributed by atoms with E-state index in [1.54, 1.807) is 0 Å². The minimum atomic E-state index is -2.62. The first kappa shape index (κ1) is 11.3. The zero-order chi connectivity index (χ0) is 10.7. The van der Waals surface area contributed by atoms with Gasteiger partial charge in [0.15, 0.2) is 6.29 Å². The van der Waals surface area contributed by atoms with Gasteiger partial charge in [0.2, 0.25) is 5.91 Å². The van der Waals surface area contributed by atoms with Gasteiger partial charge < -0.3 is 14.8 Å². The van der Waals surface area contributed by atoms with E-state index in [2.05, 4.69) is 5.32 Å². The zero-order valence-electron chi connectivity index (χ0n) is 8.00. The quantitative estimate of drug-likeness (QED) is 0.737. The first-order valence-electron chi connectivity index (χ1n) is 4.28. The molecule has 1 unspecified atom stereocenters. The second-order valence-corrected chi connectivity index (χ2v) is 3.14. The SMILES string of the molecule is CO[C@H]1C[C@H](NC(C)=O)C(C(F)F)O1. The first-order valence-corrected chi connectivity index (χ1v) is 4.28. The van der Waals surface area contributed by atoms with Crippen LogP contribution in [0.5, 0.6) is 0 Å². The van der Waals surface area contributed by atoms with Crippen LogP contribution in [0, 0.1) is 0 Å². The maximum atomic E-state index is 12.4. The second kappa shape index (κ2) is 4.65. The highest BCUT2D eigenvalue weighted by Gasteiger charge is 2.41. The molecule has 0 aromatic carbocycles. The standard InChI is InChI=1S/C8H13F2NO3/c1-4(12)11-5-3-6(13-2)14-7(5)8(9)10/h5-8H,3H2,1-2H3,(H,11,12)/t5-,6+,7?/m0/s1. The third-order valence-corrected chi connectivity index (χ3v) is 2.05. The molecule has 0 spiro atoms. The largest absolute Gasteiger partial charge is 0.356 e. The molecular formula is C8H13F2NO3. The maximum Gasteiger partial charge on any atom is 0.266 e. The molecule has 4 nitrogen and oxygen atoms in total. The lowest BCUT2D eigenvalue weighted by Gasteiger charge is -2.17. The van der Waals surface area contributed by atoms with Crippen molar-refractivity contribution >= 4 is 5.91 Å². The van der Waals surface area contributed by atoms with Crippen molar-refractivity contribution in [3.8, 4) is 0 Å². The molecule has 1 saturated heterocycles. The van der Waals surface area contributed by atoms with Gasteiger partial charge in [-0.05, 0) is 0 Å². The Balaban J connectivity index is 2.57. The number of carbonyl (C=O) groups is 1. The maximum absolute atomic E-state index is 12.4. The Morgan fingerprint density at radius 2 is 2.29 bits per heavy atom. The van der Waals surface area contributed by atoms with Crippen LogP contribution in [-0.4, -0.2) is 37.9 Å². The van der Waals surface area contributed by atoms with Gasteiger partial charge in [0, 0.05) is 20.5 Å². The fourth-order valence-corrected chi connectivity index (χ4v) is 1.46. The summed E-state index contributed by atoms with van der Waals surface area (Å²) in [6, 6.07) is -0.669. The molecule has 1 fully saturated rings. The number of carbonyl (C=O) groups excluding carboxylic acids is 1. The summed E-state index contributed by atoms with van der Waals surface area (Å²) in [5.74, 6) is -0.346. The van der Waals surface area contributed by atoms with Crippen molar-refractivity contribution in [3.05, 3.63) is 0 Å². The summed E-state index contributed by atoms with van der Waals surface area (Å²) in [7, 11) is 1.38. The van der Waals surface area contributed by atoms with E-state index in [-0.39, 0.29) is 12.3 Å². The van der Waals surface area contributed by atoms with E-state index in [0.717, 1.165) is 0 Å². The molecule has 3 atom stereocenters. The summed E-state index contributed by atoms with van der Waals surface area (Å²) < 4.78 is 34.5. The Kier molecular flexibility index (Phi) is 3.77. The number of ether oxygens (including phenoxy) is 2. The molecule has 0 aromatic rings. The van der Waals surface area contributed by atoms with E-state index in [0.29, 0.717) is 0 Å². The van der Waals surface area contributed by atoms with Gasteiger partial charge in [-0.1, -0.05) is 0 Å². The molecule has 1 heterocycles. The molecule has 0 radical (unpaired) electrons. The summed E-state index contributed by atoms with van der Waals surface area (Å²) in [6.07, 6.45) is -4.30. The van der Waals surface area contributed by atoms with Gasteiger partial charge in [0.25, 0.3) is 6.43 Å². The smallest absolute Gasteiger partial charge is 0.266 e. The van der Waals surface area contributed by atoms with Crippen LogP contribution < -0.4 is 5.32 Å². The fraction of sp³-hybridized carbons (Fsp3) is 0.875. The average molecular weight is 209 g/mol. The Hall–Kier alpha value is -0.750. The Bertz CT molecular complexity index is 213. The van der Waals surface area contributed by atoms with Gasteiger partial charge in [0.1, 0.15) is 6.10 Å². The van der Waals surface area contributed by atoms with Gasteiger partial charge in [-0.25, -0.2) is 8.78 Å². The van der Waals surface area contributed by atoms with Gasteiger partial charge in [-0.3, -0.25) is 4.79 Å². The highest BCUT2D eigenvalue weighted by atomic mass is 19.3. The molecule has 0 bridgehead atoms. The molecular weight excluding hydrogens is 196 g/mol. The lowest BCUT2D eigenvalue weighted by atomic mass is 10.1. The Labute approximate surface area is 80.6 Å². The number of hydrogen-bond acceptors (Lipinski definition) is 3. The monoisotopic (exact) mass is 209 g/mol. The van der Waals surface area contributed by atoms with Crippen LogP contribution in [0.4, 0.5) is 8.78 Å². The number of nitrogens with one attached hydrogen (secondary N) is 1. The van der Waals surface area contributed by atoms with Crippen molar-refractivity contribution in [1.82, 2.24) is 5.32 Å². The average Bonchev–Trinajstić information content (AvgIpc) is 2.46. The van der Waals surface area contributed by atoms with E-state index in [4.69, 9.17) is 9.47 Å². The molecule has 1 N–H and O–H groups in total. The van der Waals surface area contributed by atoms with Crippen LogP contribution in [0.25, 0.3) is 0 Å². The van der Waals surface area contributed by atoms with Crippen LogP contribution in [0.1, 0.15) is 13.3 Å². The molecule has 1 rings (SSSR count). The van der Waals surface area contributed by atoms with Crippen molar-refractivity contribution in [1.29, 1.82) is 0 Å². The van der Waals surface area contributed by atoms with E-state index in [1.165, 1.54) is 14.0 Å². The Morgan fingerprint density at radius 1 is 1.64 bits per heavy atom.